The van der Waals surface area contributed by atoms with Gasteiger partial charge in [0, 0.05) is 46.3 Å². The summed E-state index contributed by atoms with van der Waals surface area (Å²) in [6.07, 6.45) is 9.29. The highest BCUT2D eigenvalue weighted by Crippen LogP contribution is 2.25. The molecule has 0 aromatic carbocycles. The van der Waals surface area contributed by atoms with E-state index in [4.69, 9.17) is 0 Å². The molecule has 2 N–H and O–H groups in total. The third-order valence-corrected chi connectivity index (χ3v) is 5.09. The summed E-state index contributed by atoms with van der Waals surface area (Å²) in [5.74, 6) is 0.788. The van der Waals surface area contributed by atoms with Gasteiger partial charge in [0.05, 0.1) is 6.54 Å². The van der Waals surface area contributed by atoms with Crippen molar-refractivity contribution in [1.29, 1.82) is 0 Å². The van der Waals surface area contributed by atoms with Crippen molar-refractivity contribution in [2.45, 2.75) is 57.0 Å². The van der Waals surface area contributed by atoms with Crippen molar-refractivity contribution in [3.05, 3.63) is 0 Å². The maximum absolute atomic E-state index is 11.6. The third kappa shape index (κ3) is 6.74. The lowest BCUT2D eigenvalue weighted by Crippen LogP contribution is -2.51. The summed E-state index contributed by atoms with van der Waals surface area (Å²) in [6, 6.07) is 1.27. The molecule has 24 heavy (non-hydrogen) atoms. The van der Waals surface area contributed by atoms with E-state index in [1.165, 1.54) is 45.2 Å². The van der Waals surface area contributed by atoms with Crippen LogP contribution in [0.2, 0.25) is 0 Å². The van der Waals surface area contributed by atoms with Crippen molar-refractivity contribution >= 4 is 35.8 Å². The Labute approximate surface area is 163 Å². The lowest BCUT2D eigenvalue weighted by Gasteiger charge is -2.39. The predicted octanol–water partition coefficient (Wildman–Crippen LogP) is 1.65. The summed E-state index contributed by atoms with van der Waals surface area (Å²) >= 11 is 0. The van der Waals surface area contributed by atoms with Gasteiger partial charge in [-0.3, -0.25) is 9.79 Å². The summed E-state index contributed by atoms with van der Waals surface area (Å²) in [7, 11) is 5.29. The zero-order valence-corrected chi connectivity index (χ0v) is 17.7. The third-order valence-electron chi connectivity index (χ3n) is 5.09. The first-order chi connectivity index (χ1) is 11.1. The lowest BCUT2D eigenvalue weighted by molar-refractivity contribution is -0.127. The number of carbonyl (C=O) groups is 1. The van der Waals surface area contributed by atoms with E-state index in [1.807, 2.05) is 0 Å². The SMILES string of the molecule is CN=C(NCC(=O)N(C)C)NC1CCN(C2CCCCC2)CC1.I. The standard InChI is InChI=1S/C17H33N5O.HI/c1-18-17(19-13-16(23)21(2)3)20-14-9-11-22(12-10-14)15-7-5-4-6-8-15;/h14-15H,4-13H2,1-3H3,(H2,18,19,20);1H. The van der Waals surface area contributed by atoms with Gasteiger partial charge in [0.15, 0.2) is 5.96 Å². The Morgan fingerprint density at radius 3 is 2.29 bits per heavy atom. The van der Waals surface area contributed by atoms with E-state index in [1.54, 1.807) is 26.0 Å². The average molecular weight is 451 g/mol. The fourth-order valence-electron chi connectivity index (χ4n) is 3.56. The number of aliphatic imine (C=N–C) groups is 1. The van der Waals surface area contributed by atoms with Crippen LogP contribution < -0.4 is 10.6 Å². The van der Waals surface area contributed by atoms with Crippen LogP contribution in [-0.2, 0) is 4.79 Å². The molecular weight excluding hydrogens is 417 g/mol. The second-order valence-electron chi connectivity index (χ2n) is 6.96. The number of likely N-dealkylation sites (N-methyl/N-ethyl adjacent to an activating group) is 1. The van der Waals surface area contributed by atoms with Gasteiger partial charge in [0.2, 0.25) is 5.91 Å². The monoisotopic (exact) mass is 451 g/mol. The van der Waals surface area contributed by atoms with E-state index >= 15 is 0 Å². The van der Waals surface area contributed by atoms with Gasteiger partial charge in [-0.25, -0.2) is 0 Å². The van der Waals surface area contributed by atoms with Crippen LogP contribution in [0.4, 0.5) is 0 Å². The summed E-state index contributed by atoms with van der Waals surface area (Å²) < 4.78 is 0. The second-order valence-corrected chi connectivity index (χ2v) is 6.96. The molecule has 140 valence electrons. The minimum Gasteiger partial charge on any atom is -0.354 e. The minimum absolute atomic E-state index is 0. The first kappa shape index (κ1) is 21.5. The molecule has 1 aliphatic carbocycles. The Kier molecular flexibility index (Phi) is 9.95. The Bertz CT molecular complexity index is 402. The van der Waals surface area contributed by atoms with Gasteiger partial charge in [-0.05, 0) is 25.7 Å². The molecule has 0 unspecified atom stereocenters. The van der Waals surface area contributed by atoms with Gasteiger partial charge in [0.1, 0.15) is 0 Å². The summed E-state index contributed by atoms with van der Waals surface area (Å²) in [5.41, 5.74) is 0. The molecule has 7 heteroatoms. The highest BCUT2D eigenvalue weighted by Gasteiger charge is 2.26. The Morgan fingerprint density at radius 1 is 1.12 bits per heavy atom. The fourth-order valence-corrected chi connectivity index (χ4v) is 3.56. The molecule has 2 aliphatic rings. The molecule has 0 radical (unpaired) electrons. The summed E-state index contributed by atoms with van der Waals surface area (Å²) in [5, 5.41) is 6.57. The van der Waals surface area contributed by atoms with Crippen molar-refractivity contribution in [3.63, 3.8) is 0 Å². The van der Waals surface area contributed by atoms with Crippen LogP contribution in [0.15, 0.2) is 4.99 Å². The van der Waals surface area contributed by atoms with E-state index in [9.17, 15) is 4.79 Å². The number of halogens is 1. The van der Waals surface area contributed by atoms with Crippen molar-refractivity contribution in [2.24, 2.45) is 4.99 Å². The number of nitrogens with zero attached hydrogens (tertiary/aromatic N) is 3. The van der Waals surface area contributed by atoms with Crippen LogP contribution in [-0.4, -0.2) is 74.5 Å². The smallest absolute Gasteiger partial charge is 0.241 e. The molecule has 1 aliphatic heterocycles. The number of carbonyl (C=O) groups excluding carboxylic acids is 1. The molecule has 2 fully saturated rings. The first-order valence-electron chi connectivity index (χ1n) is 9.01. The van der Waals surface area contributed by atoms with Crippen LogP contribution in [0.3, 0.4) is 0 Å². The molecule has 2 rings (SSSR count). The zero-order chi connectivity index (χ0) is 16.7. The van der Waals surface area contributed by atoms with Gasteiger partial charge >= 0.3 is 0 Å². The molecule has 0 atom stereocenters. The van der Waals surface area contributed by atoms with Gasteiger partial charge in [-0.15, -0.1) is 24.0 Å². The van der Waals surface area contributed by atoms with Crippen molar-refractivity contribution < 1.29 is 4.79 Å². The molecule has 1 heterocycles. The quantitative estimate of drug-likeness (QED) is 0.388. The number of guanidine groups is 1. The predicted molar refractivity (Wildman–Crippen MR) is 110 cm³/mol. The minimum atomic E-state index is 0. The van der Waals surface area contributed by atoms with E-state index in [0.29, 0.717) is 6.04 Å². The number of rotatable bonds is 4. The van der Waals surface area contributed by atoms with Gasteiger partial charge < -0.3 is 20.4 Å². The van der Waals surface area contributed by atoms with Crippen molar-refractivity contribution in [2.75, 3.05) is 40.8 Å². The molecule has 0 aromatic rings. The summed E-state index contributed by atoms with van der Waals surface area (Å²) in [6.45, 7) is 2.64. The normalized spacial score (nSPS) is 21.0. The number of hydrogen-bond acceptors (Lipinski definition) is 3. The van der Waals surface area contributed by atoms with Crippen LogP contribution in [0.5, 0.6) is 0 Å². The number of likely N-dealkylation sites (tertiary alicyclic amines) is 1. The van der Waals surface area contributed by atoms with E-state index in [-0.39, 0.29) is 36.4 Å². The van der Waals surface area contributed by atoms with Crippen LogP contribution in [0, 0.1) is 0 Å². The van der Waals surface area contributed by atoms with Gasteiger partial charge in [0.25, 0.3) is 0 Å². The Balaban J connectivity index is 0.00000288. The first-order valence-corrected chi connectivity index (χ1v) is 9.01. The maximum atomic E-state index is 11.6. The largest absolute Gasteiger partial charge is 0.354 e. The maximum Gasteiger partial charge on any atom is 0.241 e. The molecular formula is C17H34IN5O. The lowest BCUT2D eigenvalue weighted by atomic mass is 9.92. The summed E-state index contributed by atoms with van der Waals surface area (Å²) in [4.78, 5) is 20.1. The molecule has 0 spiro atoms. The van der Waals surface area contributed by atoms with Crippen LogP contribution in [0.1, 0.15) is 44.9 Å². The topological polar surface area (TPSA) is 60.0 Å². The van der Waals surface area contributed by atoms with Gasteiger partial charge in [-0.1, -0.05) is 19.3 Å². The van der Waals surface area contributed by atoms with Crippen LogP contribution >= 0.6 is 24.0 Å². The number of amides is 1. The molecule has 1 amide bonds. The Morgan fingerprint density at radius 2 is 1.75 bits per heavy atom. The van der Waals surface area contributed by atoms with Crippen molar-refractivity contribution in [3.8, 4) is 0 Å². The van der Waals surface area contributed by atoms with E-state index in [2.05, 4.69) is 20.5 Å². The van der Waals surface area contributed by atoms with E-state index in [0.717, 1.165) is 24.8 Å². The van der Waals surface area contributed by atoms with Crippen molar-refractivity contribution in [1.82, 2.24) is 20.4 Å². The highest BCUT2D eigenvalue weighted by molar-refractivity contribution is 14.0. The molecule has 0 aromatic heterocycles. The Hall–Kier alpha value is -0.570. The van der Waals surface area contributed by atoms with Gasteiger partial charge in [-0.2, -0.15) is 0 Å². The average Bonchev–Trinajstić information content (AvgIpc) is 2.59. The highest BCUT2D eigenvalue weighted by atomic mass is 127. The fraction of sp³-hybridized carbons (Fsp3) is 0.882. The number of hydrogen-bond donors (Lipinski definition) is 2. The number of piperidine rings is 1. The number of nitrogens with one attached hydrogen (secondary N) is 2. The molecule has 6 nitrogen and oxygen atoms in total. The molecule has 1 saturated carbocycles. The van der Waals surface area contributed by atoms with Crippen LogP contribution in [0.25, 0.3) is 0 Å². The van der Waals surface area contributed by atoms with E-state index < -0.39 is 0 Å². The molecule has 1 saturated heterocycles. The zero-order valence-electron chi connectivity index (χ0n) is 15.4. The second kappa shape index (κ2) is 11.1. The molecule has 0 bridgehead atoms.